The van der Waals surface area contributed by atoms with Crippen molar-refractivity contribution in [3.8, 4) is 0 Å². The lowest BCUT2D eigenvalue weighted by Crippen LogP contribution is -2.46. The SMILES string of the molecule is CC/C=C/C/C=C/C/C=C/CCCCCCCCC(=O)OC(CCC/C=C\CCCCCCCC)CC(=O)NC(CO)C(O)CCCCCCCCCCCCC. The van der Waals surface area contributed by atoms with Crippen LogP contribution in [0.4, 0.5) is 0 Å². The number of aliphatic hydroxyl groups is 2. The van der Waals surface area contributed by atoms with E-state index in [9.17, 15) is 19.8 Å². The van der Waals surface area contributed by atoms with Crippen molar-refractivity contribution in [2.24, 2.45) is 0 Å². The molecular weight excluding hydrogens is 707 g/mol. The molecule has 0 aliphatic heterocycles. The van der Waals surface area contributed by atoms with Crippen LogP contribution < -0.4 is 5.32 Å². The Morgan fingerprint density at radius 1 is 0.526 bits per heavy atom. The van der Waals surface area contributed by atoms with E-state index in [2.05, 4.69) is 74.7 Å². The van der Waals surface area contributed by atoms with Gasteiger partial charge >= 0.3 is 5.97 Å². The van der Waals surface area contributed by atoms with Crippen LogP contribution in [0.15, 0.2) is 48.6 Å². The molecular formula is C51H93NO5. The number of aliphatic hydroxyl groups excluding tert-OH is 2. The minimum atomic E-state index is -0.794. The molecule has 3 unspecified atom stereocenters. The van der Waals surface area contributed by atoms with E-state index >= 15 is 0 Å². The fourth-order valence-corrected chi connectivity index (χ4v) is 7.21. The summed E-state index contributed by atoms with van der Waals surface area (Å²) in [4.78, 5) is 26.0. The third-order valence-corrected chi connectivity index (χ3v) is 10.9. The van der Waals surface area contributed by atoms with E-state index in [1.807, 2.05) is 0 Å². The van der Waals surface area contributed by atoms with Crippen LogP contribution in [0.5, 0.6) is 0 Å². The van der Waals surface area contributed by atoms with E-state index < -0.39 is 18.2 Å². The number of hydrogen-bond donors (Lipinski definition) is 3. The molecule has 0 aromatic carbocycles. The Morgan fingerprint density at radius 3 is 1.49 bits per heavy atom. The Bertz CT molecular complexity index is 988. The van der Waals surface area contributed by atoms with Crippen molar-refractivity contribution in [3.05, 3.63) is 48.6 Å². The van der Waals surface area contributed by atoms with Gasteiger partial charge in [0.15, 0.2) is 0 Å². The topological polar surface area (TPSA) is 95.9 Å². The normalized spacial score (nSPS) is 13.7. The molecule has 0 spiro atoms. The van der Waals surface area contributed by atoms with Gasteiger partial charge < -0.3 is 20.3 Å². The fraction of sp³-hybridized carbons (Fsp3) is 0.804. The molecule has 332 valence electrons. The number of nitrogens with one attached hydrogen (secondary N) is 1. The number of allylic oxidation sites excluding steroid dienone is 8. The number of rotatable bonds is 43. The van der Waals surface area contributed by atoms with Crippen molar-refractivity contribution in [1.82, 2.24) is 5.32 Å². The summed E-state index contributed by atoms with van der Waals surface area (Å²) in [6.07, 6.45) is 53.1. The molecule has 0 aliphatic carbocycles. The lowest BCUT2D eigenvalue weighted by Gasteiger charge is -2.24. The quantitative estimate of drug-likeness (QED) is 0.0324. The second-order valence-corrected chi connectivity index (χ2v) is 16.5. The van der Waals surface area contributed by atoms with Crippen LogP contribution in [0.3, 0.4) is 0 Å². The summed E-state index contributed by atoms with van der Waals surface area (Å²) in [6.45, 7) is 6.34. The second kappa shape index (κ2) is 44.9. The molecule has 1 amide bonds. The summed E-state index contributed by atoms with van der Waals surface area (Å²) in [5.41, 5.74) is 0. The van der Waals surface area contributed by atoms with Crippen molar-refractivity contribution in [1.29, 1.82) is 0 Å². The third-order valence-electron chi connectivity index (χ3n) is 10.9. The van der Waals surface area contributed by atoms with Crippen LogP contribution in [-0.4, -0.2) is 46.9 Å². The molecule has 3 N–H and O–H groups in total. The first-order chi connectivity index (χ1) is 28.0. The van der Waals surface area contributed by atoms with Gasteiger partial charge in [-0.15, -0.1) is 0 Å². The van der Waals surface area contributed by atoms with E-state index in [0.29, 0.717) is 19.3 Å². The number of carbonyl (C=O) groups excluding carboxylic acids is 2. The van der Waals surface area contributed by atoms with E-state index in [1.54, 1.807) is 0 Å². The summed E-state index contributed by atoms with van der Waals surface area (Å²) in [5.74, 6) is -0.517. The first-order valence-corrected chi connectivity index (χ1v) is 24.4. The Hall–Kier alpha value is -2.18. The zero-order valence-corrected chi connectivity index (χ0v) is 37.7. The number of carbonyl (C=O) groups is 2. The van der Waals surface area contributed by atoms with Crippen LogP contribution in [-0.2, 0) is 14.3 Å². The number of unbranched alkanes of at least 4 members (excludes halogenated alkanes) is 23. The van der Waals surface area contributed by atoms with Gasteiger partial charge in [0.05, 0.1) is 25.2 Å². The van der Waals surface area contributed by atoms with Crippen molar-refractivity contribution in [2.45, 2.75) is 257 Å². The number of ether oxygens (including phenoxy) is 1. The van der Waals surface area contributed by atoms with Gasteiger partial charge in [-0.1, -0.05) is 198 Å². The van der Waals surface area contributed by atoms with Crippen LogP contribution in [0.2, 0.25) is 0 Å². The zero-order chi connectivity index (χ0) is 41.7. The maximum atomic E-state index is 13.1. The molecule has 0 aromatic heterocycles. The van der Waals surface area contributed by atoms with Gasteiger partial charge in [0.1, 0.15) is 6.10 Å². The van der Waals surface area contributed by atoms with Gasteiger partial charge in [-0.25, -0.2) is 0 Å². The smallest absolute Gasteiger partial charge is 0.306 e. The highest BCUT2D eigenvalue weighted by molar-refractivity contribution is 5.77. The van der Waals surface area contributed by atoms with Crippen molar-refractivity contribution in [2.75, 3.05) is 6.61 Å². The molecule has 0 aromatic rings. The molecule has 6 heteroatoms. The summed E-state index contributed by atoms with van der Waals surface area (Å²) in [5, 5.41) is 23.7. The van der Waals surface area contributed by atoms with E-state index in [0.717, 1.165) is 83.5 Å². The number of hydrogen-bond acceptors (Lipinski definition) is 5. The van der Waals surface area contributed by atoms with E-state index in [1.165, 1.54) is 109 Å². The van der Waals surface area contributed by atoms with Crippen LogP contribution in [0.1, 0.15) is 239 Å². The Kier molecular flexibility index (Phi) is 43.2. The largest absolute Gasteiger partial charge is 0.462 e. The molecule has 57 heavy (non-hydrogen) atoms. The van der Waals surface area contributed by atoms with Gasteiger partial charge in [-0.05, 0) is 77.0 Å². The molecule has 0 radical (unpaired) electrons. The van der Waals surface area contributed by atoms with E-state index in [-0.39, 0.29) is 24.9 Å². The molecule has 0 aliphatic rings. The Labute approximate surface area is 353 Å². The first-order valence-electron chi connectivity index (χ1n) is 24.4. The highest BCUT2D eigenvalue weighted by atomic mass is 16.5. The van der Waals surface area contributed by atoms with Crippen molar-refractivity contribution < 1.29 is 24.5 Å². The molecule has 3 atom stereocenters. The average Bonchev–Trinajstić information content (AvgIpc) is 3.20. The molecule has 0 rings (SSSR count). The highest BCUT2D eigenvalue weighted by Crippen LogP contribution is 2.17. The fourth-order valence-electron chi connectivity index (χ4n) is 7.21. The van der Waals surface area contributed by atoms with Gasteiger partial charge in [-0.3, -0.25) is 9.59 Å². The van der Waals surface area contributed by atoms with Crippen LogP contribution in [0.25, 0.3) is 0 Å². The standard InChI is InChI=1S/C51H93NO5/c1-4-7-10-13-16-19-22-23-24-25-26-29-32-35-38-41-44-51(56)57-47(42-39-36-33-30-27-20-17-14-11-8-5-2)45-50(55)52-48(46-53)49(54)43-40-37-34-31-28-21-18-15-12-9-6-3/h7,10,16,19,23-24,30,33,47-49,53-54H,4-6,8-9,11-15,17-18,20-22,25-29,31-32,34-46H2,1-3H3,(H,52,55)/b10-7+,19-16+,24-23+,33-30-. The maximum Gasteiger partial charge on any atom is 0.306 e. The highest BCUT2D eigenvalue weighted by Gasteiger charge is 2.24. The maximum absolute atomic E-state index is 13.1. The lowest BCUT2D eigenvalue weighted by atomic mass is 10.0. The van der Waals surface area contributed by atoms with Crippen molar-refractivity contribution in [3.63, 3.8) is 0 Å². The molecule has 0 bridgehead atoms. The molecule has 0 fully saturated rings. The Morgan fingerprint density at radius 2 is 0.965 bits per heavy atom. The summed E-state index contributed by atoms with van der Waals surface area (Å²) in [6, 6.07) is -0.710. The van der Waals surface area contributed by atoms with Gasteiger partial charge in [0.2, 0.25) is 5.91 Å². The van der Waals surface area contributed by atoms with Crippen LogP contribution >= 0.6 is 0 Å². The summed E-state index contributed by atoms with van der Waals surface area (Å²) in [7, 11) is 0. The summed E-state index contributed by atoms with van der Waals surface area (Å²) < 4.78 is 5.89. The third kappa shape index (κ3) is 40.4. The molecule has 0 saturated carbocycles. The zero-order valence-electron chi connectivity index (χ0n) is 37.7. The van der Waals surface area contributed by atoms with Gasteiger partial charge in [-0.2, -0.15) is 0 Å². The van der Waals surface area contributed by atoms with Crippen molar-refractivity contribution >= 4 is 11.9 Å². The molecule has 0 saturated heterocycles. The predicted octanol–water partition coefficient (Wildman–Crippen LogP) is 14.3. The molecule has 0 heterocycles. The van der Waals surface area contributed by atoms with E-state index in [4.69, 9.17) is 4.74 Å². The Balaban J connectivity index is 4.59. The van der Waals surface area contributed by atoms with Gasteiger partial charge in [0.25, 0.3) is 0 Å². The average molecular weight is 800 g/mol. The minimum Gasteiger partial charge on any atom is -0.462 e. The first kappa shape index (κ1) is 54.8. The lowest BCUT2D eigenvalue weighted by molar-refractivity contribution is -0.151. The van der Waals surface area contributed by atoms with Crippen LogP contribution in [0, 0.1) is 0 Å². The summed E-state index contributed by atoms with van der Waals surface area (Å²) >= 11 is 0. The minimum absolute atomic E-state index is 0.0515. The second-order valence-electron chi connectivity index (χ2n) is 16.5. The van der Waals surface area contributed by atoms with Gasteiger partial charge in [0, 0.05) is 6.42 Å². The monoisotopic (exact) mass is 800 g/mol. The number of esters is 1. The number of amides is 1. The predicted molar refractivity (Wildman–Crippen MR) is 245 cm³/mol. The molecule has 6 nitrogen and oxygen atoms in total.